The van der Waals surface area contributed by atoms with E-state index >= 15 is 0 Å². The normalized spacial score (nSPS) is 36.8. The third-order valence-corrected chi connectivity index (χ3v) is 5.01. The molecular weight excluding hydrogens is 198 g/mol. The van der Waals surface area contributed by atoms with Crippen molar-refractivity contribution in [2.45, 2.75) is 70.3 Å². The minimum atomic E-state index is -0.0499. The summed E-state index contributed by atoms with van der Waals surface area (Å²) in [6, 6.07) is 0. The Morgan fingerprint density at radius 2 is 1.69 bits per heavy atom. The first-order valence-corrected chi connectivity index (χ1v) is 7.12. The zero-order valence-corrected chi connectivity index (χ0v) is 10.5. The first-order valence-electron chi connectivity index (χ1n) is 7.12. The van der Waals surface area contributed by atoms with Crippen LogP contribution in [-0.2, 0) is 0 Å². The zero-order valence-electron chi connectivity index (χ0n) is 10.5. The summed E-state index contributed by atoms with van der Waals surface area (Å²) >= 11 is 0. The smallest absolute Gasteiger partial charge is 0.0540 e. The Labute approximate surface area is 99.6 Å². The molecule has 2 saturated carbocycles. The molecule has 0 radical (unpaired) electrons. The summed E-state index contributed by atoms with van der Waals surface area (Å²) in [5, 5.41) is 9.58. The van der Waals surface area contributed by atoms with Crippen molar-refractivity contribution in [3.63, 3.8) is 0 Å². The lowest BCUT2D eigenvalue weighted by molar-refractivity contribution is 0.0582. The van der Waals surface area contributed by atoms with Gasteiger partial charge in [0.2, 0.25) is 0 Å². The van der Waals surface area contributed by atoms with E-state index in [4.69, 9.17) is 5.73 Å². The van der Waals surface area contributed by atoms with Crippen molar-refractivity contribution in [2.75, 3.05) is 6.54 Å². The Hall–Kier alpha value is -0.0800. The van der Waals surface area contributed by atoms with Crippen LogP contribution < -0.4 is 5.73 Å². The van der Waals surface area contributed by atoms with Gasteiger partial charge in [0, 0.05) is 0 Å². The summed E-state index contributed by atoms with van der Waals surface area (Å²) in [6.07, 6.45) is 12.7. The van der Waals surface area contributed by atoms with E-state index in [0.717, 1.165) is 38.1 Å². The number of aliphatic hydroxyl groups excluding tert-OH is 1. The summed E-state index contributed by atoms with van der Waals surface area (Å²) in [4.78, 5) is 0. The molecule has 0 spiro atoms. The van der Waals surface area contributed by atoms with Crippen LogP contribution in [0.25, 0.3) is 0 Å². The van der Waals surface area contributed by atoms with Crippen molar-refractivity contribution in [3.8, 4) is 0 Å². The summed E-state index contributed by atoms with van der Waals surface area (Å²) in [5.74, 6) is 0.982. The number of nitrogens with two attached hydrogens (primary N) is 1. The maximum absolute atomic E-state index is 9.58. The van der Waals surface area contributed by atoms with Gasteiger partial charge in [-0.2, -0.15) is 0 Å². The molecule has 0 bridgehead atoms. The second-order valence-corrected chi connectivity index (χ2v) is 6.12. The van der Waals surface area contributed by atoms with Crippen LogP contribution in [0.3, 0.4) is 0 Å². The summed E-state index contributed by atoms with van der Waals surface area (Å²) in [6.45, 7) is 0.826. The Balaban J connectivity index is 1.79. The maximum Gasteiger partial charge on any atom is 0.0540 e. The molecule has 0 atom stereocenters. The summed E-state index contributed by atoms with van der Waals surface area (Å²) < 4.78 is 0. The van der Waals surface area contributed by atoms with Crippen molar-refractivity contribution in [1.29, 1.82) is 0 Å². The molecule has 2 nitrogen and oxygen atoms in total. The second-order valence-electron chi connectivity index (χ2n) is 6.12. The third kappa shape index (κ3) is 2.98. The molecule has 3 N–H and O–H groups in total. The lowest BCUT2D eigenvalue weighted by Gasteiger charge is -2.38. The summed E-state index contributed by atoms with van der Waals surface area (Å²) in [7, 11) is 0. The number of aliphatic hydroxyl groups is 1. The molecule has 2 fully saturated rings. The standard InChI is InChI=1S/C14H27NO/c15-11-14(9-6-13(16)7-10-14)8-5-12-3-1-2-4-12/h12-13,16H,1-11,15H2. The first kappa shape index (κ1) is 12.4. The van der Waals surface area contributed by atoms with Gasteiger partial charge >= 0.3 is 0 Å². The van der Waals surface area contributed by atoms with E-state index in [1.54, 1.807) is 0 Å². The number of rotatable bonds is 4. The van der Waals surface area contributed by atoms with Crippen molar-refractivity contribution >= 4 is 0 Å². The topological polar surface area (TPSA) is 46.2 Å². The van der Waals surface area contributed by atoms with E-state index in [9.17, 15) is 5.11 Å². The van der Waals surface area contributed by atoms with Crippen LogP contribution in [-0.4, -0.2) is 17.8 Å². The number of hydrogen-bond acceptors (Lipinski definition) is 2. The Bertz CT molecular complexity index is 203. The van der Waals surface area contributed by atoms with Gasteiger partial charge in [0.25, 0.3) is 0 Å². The average Bonchev–Trinajstić information content (AvgIpc) is 2.82. The van der Waals surface area contributed by atoms with Crippen molar-refractivity contribution < 1.29 is 5.11 Å². The minimum Gasteiger partial charge on any atom is -0.393 e. The van der Waals surface area contributed by atoms with Gasteiger partial charge in [-0.05, 0) is 56.4 Å². The van der Waals surface area contributed by atoms with Crippen LogP contribution in [0.15, 0.2) is 0 Å². The molecule has 0 aliphatic heterocycles. The van der Waals surface area contributed by atoms with Gasteiger partial charge < -0.3 is 10.8 Å². The van der Waals surface area contributed by atoms with E-state index in [1.165, 1.54) is 38.5 Å². The molecule has 16 heavy (non-hydrogen) atoms. The fourth-order valence-corrected chi connectivity index (χ4v) is 3.58. The minimum absolute atomic E-state index is 0.0499. The monoisotopic (exact) mass is 225 g/mol. The molecule has 0 aromatic heterocycles. The van der Waals surface area contributed by atoms with E-state index in [-0.39, 0.29) is 6.10 Å². The highest BCUT2D eigenvalue weighted by atomic mass is 16.3. The molecule has 2 heteroatoms. The van der Waals surface area contributed by atoms with Gasteiger partial charge in [-0.3, -0.25) is 0 Å². The van der Waals surface area contributed by atoms with E-state index in [0.29, 0.717) is 5.41 Å². The van der Waals surface area contributed by atoms with Gasteiger partial charge in [0.1, 0.15) is 0 Å². The van der Waals surface area contributed by atoms with Crippen molar-refractivity contribution in [2.24, 2.45) is 17.1 Å². The quantitative estimate of drug-likeness (QED) is 0.773. The van der Waals surface area contributed by atoms with E-state index in [1.807, 2.05) is 0 Å². The Morgan fingerprint density at radius 1 is 1.06 bits per heavy atom. The highest BCUT2D eigenvalue weighted by molar-refractivity contribution is 4.87. The molecule has 0 aromatic carbocycles. The highest BCUT2D eigenvalue weighted by Gasteiger charge is 2.34. The molecule has 2 rings (SSSR count). The lowest BCUT2D eigenvalue weighted by atomic mass is 9.69. The molecule has 0 heterocycles. The largest absolute Gasteiger partial charge is 0.393 e. The first-order chi connectivity index (χ1) is 7.74. The van der Waals surface area contributed by atoms with Crippen molar-refractivity contribution in [3.05, 3.63) is 0 Å². The van der Waals surface area contributed by atoms with Crippen LogP contribution in [0.5, 0.6) is 0 Å². The van der Waals surface area contributed by atoms with Gasteiger partial charge in [0.15, 0.2) is 0 Å². The van der Waals surface area contributed by atoms with Gasteiger partial charge in [-0.15, -0.1) is 0 Å². The fourth-order valence-electron chi connectivity index (χ4n) is 3.58. The molecule has 0 amide bonds. The average molecular weight is 225 g/mol. The second kappa shape index (κ2) is 5.50. The number of hydrogen-bond donors (Lipinski definition) is 2. The van der Waals surface area contributed by atoms with Crippen LogP contribution in [0.2, 0.25) is 0 Å². The lowest BCUT2D eigenvalue weighted by Crippen LogP contribution is -2.36. The molecular formula is C14H27NO. The third-order valence-electron chi connectivity index (χ3n) is 5.01. The predicted octanol–water partition coefficient (Wildman–Crippen LogP) is 2.84. The van der Waals surface area contributed by atoms with Crippen LogP contribution >= 0.6 is 0 Å². The van der Waals surface area contributed by atoms with E-state index < -0.39 is 0 Å². The van der Waals surface area contributed by atoms with Crippen LogP contribution in [0, 0.1) is 11.3 Å². The maximum atomic E-state index is 9.58. The predicted molar refractivity (Wildman–Crippen MR) is 67.2 cm³/mol. The SMILES string of the molecule is NCC1(CCC2CCCC2)CCC(O)CC1. The molecule has 2 aliphatic carbocycles. The van der Waals surface area contributed by atoms with E-state index in [2.05, 4.69) is 0 Å². The Morgan fingerprint density at radius 3 is 2.25 bits per heavy atom. The van der Waals surface area contributed by atoms with Gasteiger partial charge in [-0.1, -0.05) is 25.7 Å². The summed E-state index contributed by atoms with van der Waals surface area (Å²) in [5.41, 5.74) is 6.36. The highest BCUT2D eigenvalue weighted by Crippen LogP contribution is 2.42. The van der Waals surface area contributed by atoms with Crippen LogP contribution in [0.1, 0.15) is 64.2 Å². The molecule has 2 aliphatic rings. The molecule has 0 aromatic rings. The van der Waals surface area contributed by atoms with Crippen LogP contribution in [0.4, 0.5) is 0 Å². The molecule has 0 unspecified atom stereocenters. The van der Waals surface area contributed by atoms with Gasteiger partial charge in [0.05, 0.1) is 6.10 Å². The zero-order chi connectivity index (χ0) is 11.4. The fraction of sp³-hybridized carbons (Fsp3) is 1.00. The van der Waals surface area contributed by atoms with Gasteiger partial charge in [-0.25, -0.2) is 0 Å². The van der Waals surface area contributed by atoms with Crippen molar-refractivity contribution in [1.82, 2.24) is 0 Å². The molecule has 0 saturated heterocycles. The Kier molecular flexibility index (Phi) is 4.26. The molecule has 94 valence electrons.